The van der Waals surface area contributed by atoms with Crippen LogP contribution >= 0.6 is 0 Å². The van der Waals surface area contributed by atoms with Crippen molar-refractivity contribution in [1.29, 1.82) is 0 Å². The predicted octanol–water partition coefficient (Wildman–Crippen LogP) is 2.64. The highest BCUT2D eigenvalue weighted by Gasteiger charge is 2.06. The number of hydrogen-bond donors (Lipinski definition) is 2. The molecule has 0 amide bonds. The van der Waals surface area contributed by atoms with E-state index in [4.69, 9.17) is 10.5 Å². The molecule has 3 rings (SSSR count). The summed E-state index contributed by atoms with van der Waals surface area (Å²) in [7, 11) is 0. The largest absolute Gasteiger partial charge is 0.424 e. The summed E-state index contributed by atoms with van der Waals surface area (Å²) in [5, 5.41) is 0. The van der Waals surface area contributed by atoms with Gasteiger partial charge >= 0.3 is 0 Å². The van der Waals surface area contributed by atoms with E-state index in [2.05, 4.69) is 15.0 Å². The van der Waals surface area contributed by atoms with Crippen molar-refractivity contribution in [2.45, 2.75) is 6.92 Å². The van der Waals surface area contributed by atoms with Crippen LogP contribution in [0.5, 0.6) is 11.8 Å². The molecule has 0 spiro atoms. The van der Waals surface area contributed by atoms with E-state index >= 15 is 0 Å². The van der Waals surface area contributed by atoms with Crippen LogP contribution < -0.4 is 10.5 Å². The first kappa shape index (κ1) is 10.6. The third-order valence-corrected chi connectivity index (χ3v) is 2.65. The highest BCUT2D eigenvalue weighted by molar-refractivity contribution is 5.79. The van der Waals surface area contributed by atoms with Crippen molar-refractivity contribution >= 4 is 16.7 Å². The number of nitrogens with two attached hydrogens (primary N) is 1. The quantitative estimate of drug-likeness (QED) is 0.675. The number of H-pyrrole nitrogens is 1. The number of aromatic amines is 1. The lowest BCUT2D eigenvalue weighted by Crippen LogP contribution is -1.90. The lowest BCUT2D eigenvalue weighted by atomic mass is 10.3. The topological polar surface area (TPSA) is 76.8 Å². The van der Waals surface area contributed by atoms with Gasteiger partial charge < -0.3 is 15.5 Å². The summed E-state index contributed by atoms with van der Waals surface area (Å²) < 4.78 is 5.66. The molecule has 18 heavy (non-hydrogen) atoms. The van der Waals surface area contributed by atoms with E-state index in [1.54, 1.807) is 6.20 Å². The Morgan fingerprint density at radius 3 is 3.00 bits per heavy atom. The van der Waals surface area contributed by atoms with Crippen molar-refractivity contribution in [2.75, 3.05) is 5.73 Å². The summed E-state index contributed by atoms with van der Waals surface area (Å²) >= 11 is 0. The molecule has 0 radical (unpaired) electrons. The third-order valence-electron chi connectivity index (χ3n) is 2.65. The molecule has 5 heteroatoms. The number of aryl methyl sites for hydroxylation is 1. The van der Waals surface area contributed by atoms with E-state index in [0.717, 1.165) is 16.7 Å². The summed E-state index contributed by atoms with van der Waals surface area (Å²) in [6, 6.07) is 9.59. The Morgan fingerprint density at radius 1 is 1.28 bits per heavy atom. The van der Waals surface area contributed by atoms with E-state index in [1.807, 2.05) is 37.3 Å². The highest BCUT2D eigenvalue weighted by Crippen LogP contribution is 2.24. The van der Waals surface area contributed by atoms with Gasteiger partial charge in [0.2, 0.25) is 0 Å². The van der Waals surface area contributed by atoms with Crippen LogP contribution in [0.15, 0.2) is 36.5 Å². The fourth-order valence-electron chi connectivity index (χ4n) is 1.73. The molecule has 0 unspecified atom stereocenters. The highest BCUT2D eigenvalue weighted by atomic mass is 16.5. The van der Waals surface area contributed by atoms with Gasteiger partial charge in [0.05, 0.1) is 16.7 Å². The minimum absolute atomic E-state index is 0.437. The van der Waals surface area contributed by atoms with Crippen LogP contribution in [0, 0.1) is 6.92 Å². The summed E-state index contributed by atoms with van der Waals surface area (Å²) in [6.07, 6.45) is 1.72. The predicted molar refractivity (Wildman–Crippen MR) is 69.6 cm³/mol. The van der Waals surface area contributed by atoms with Gasteiger partial charge in [-0.15, -0.1) is 0 Å². The summed E-state index contributed by atoms with van der Waals surface area (Å²) in [5.41, 5.74) is 8.89. The van der Waals surface area contributed by atoms with Crippen molar-refractivity contribution in [3.63, 3.8) is 0 Å². The van der Waals surface area contributed by atoms with Crippen LogP contribution in [0.2, 0.25) is 0 Å². The van der Waals surface area contributed by atoms with Gasteiger partial charge in [0.15, 0.2) is 5.75 Å². The fraction of sp³-hybridized carbons (Fsp3) is 0.0769. The van der Waals surface area contributed by atoms with E-state index in [-0.39, 0.29) is 0 Å². The minimum Gasteiger partial charge on any atom is -0.424 e. The number of anilines is 1. The molecular weight excluding hydrogens is 228 g/mol. The van der Waals surface area contributed by atoms with Gasteiger partial charge in [0, 0.05) is 11.9 Å². The monoisotopic (exact) mass is 240 g/mol. The number of pyridine rings is 1. The maximum Gasteiger partial charge on any atom is 0.300 e. The smallest absolute Gasteiger partial charge is 0.300 e. The zero-order chi connectivity index (χ0) is 12.5. The Kier molecular flexibility index (Phi) is 2.37. The molecule has 3 N–H and O–H groups in total. The van der Waals surface area contributed by atoms with Gasteiger partial charge in [-0.3, -0.25) is 4.98 Å². The molecule has 90 valence electrons. The Balaban J connectivity index is 1.98. The molecular formula is C13H12N4O. The Hall–Kier alpha value is -2.56. The lowest BCUT2D eigenvalue weighted by molar-refractivity contribution is 0.443. The number of nitrogens with one attached hydrogen (secondary N) is 1. The second-order valence-electron chi connectivity index (χ2n) is 4.01. The molecule has 0 aliphatic heterocycles. The SMILES string of the molecule is Cc1ncccc1Oc1nc2ccc(N)cc2[nH]1. The number of benzene rings is 1. The molecule has 0 aliphatic carbocycles. The normalized spacial score (nSPS) is 10.7. The maximum atomic E-state index is 5.71. The Bertz CT molecular complexity index is 705. The number of nitrogens with zero attached hydrogens (tertiary/aromatic N) is 2. The Morgan fingerprint density at radius 2 is 2.17 bits per heavy atom. The van der Waals surface area contributed by atoms with Gasteiger partial charge in [0.1, 0.15) is 0 Å². The number of ether oxygens (including phenoxy) is 1. The molecule has 2 heterocycles. The van der Waals surface area contributed by atoms with Crippen LogP contribution in [0.25, 0.3) is 11.0 Å². The molecule has 2 aromatic heterocycles. The number of aromatic nitrogens is 3. The standard InChI is InChI=1S/C13H12N4O/c1-8-12(3-2-6-15-8)18-13-16-10-5-4-9(14)7-11(10)17-13/h2-7H,14H2,1H3,(H,16,17). The van der Waals surface area contributed by atoms with Gasteiger partial charge in [-0.25, -0.2) is 0 Å². The van der Waals surface area contributed by atoms with Gasteiger partial charge in [-0.05, 0) is 37.3 Å². The van der Waals surface area contributed by atoms with Crippen molar-refractivity contribution in [3.05, 3.63) is 42.2 Å². The number of hydrogen-bond acceptors (Lipinski definition) is 4. The van der Waals surface area contributed by atoms with Crippen LogP contribution in [-0.4, -0.2) is 15.0 Å². The van der Waals surface area contributed by atoms with Crippen molar-refractivity contribution in [3.8, 4) is 11.8 Å². The zero-order valence-electron chi connectivity index (χ0n) is 9.84. The number of nitrogen functional groups attached to an aromatic ring is 1. The third kappa shape index (κ3) is 1.86. The molecule has 0 atom stereocenters. The minimum atomic E-state index is 0.437. The molecule has 5 nitrogen and oxygen atoms in total. The number of imidazole rings is 1. The summed E-state index contributed by atoms with van der Waals surface area (Å²) in [4.78, 5) is 11.6. The maximum absolute atomic E-state index is 5.71. The van der Waals surface area contributed by atoms with Gasteiger partial charge in [-0.1, -0.05) is 0 Å². The van der Waals surface area contributed by atoms with Gasteiger partial charge in [-0.2, -0.15) is 4.98 Å². The molecule has 0 aliphatic rings. The van der Waals surface area contributed by atoms with E-state index < -0.39 is 0 Å². The van der Waals surface area contributed by atoms with Crippen molar-refractivity contribution in [1.82, 2.24) is 15.0 Å². The first-order valence-electron chi connectivity index (χ1n) is 5.57. The fourth-order valence-corrected chi connectivity index (χ4v) is 1.73. The number of fused-ring (bicyclic) bond motifs is 1. The van der Waals surface area contributed by atoms with Crippen molar-refractivity contribution in [2.24, 2.45) is 0 Å². The van der Waals surface area contributed by atoms with Crippen molar-refractivity contribution < 1.29 is 4.74 Å². The molecule has 1 aromatic carbocycles. The van der Waals surface area contributed by atoms with Crippen LogP contribution in [0.1, 0.15) is 5.69 Å². The molecule has 3 aromatic rings. The van der Waals surface area contributed by atoms with Crippen LogP contribution in [0.3, 0.4) is 0 Å². The molecule has 0 fully saturated rings. The first-order chi connectivity index (χ1) is 8.72. The van der Waals surface area contributed by atoms with Crippen LogP contribution in [-0.2, 0) is 0 Å². The first-order valence-corrected chi connectivity index (χ1v) is 5.57. The zero-order valence-corrected chi connectivity index (χ0v) is 9.84. The second kappa shape index (κ2) is 4.03. The molecule has 0 bridgehead atoms. The Labute approximate surface area is 104 Å². The summed E-state index contributed by atoms with van der Waals surface area (Å²) in [5.74, 6) is 0.685. The number of rotatable bonds is 2. The second-order valence-corrected chi connectivity index (χ2v) is 4.01. The molecule has 0 saturated heterocycles. The van der Waals surface area contributed by atoms with E-state index in [9.17, 15) is 0 Å². The van der Waals surface area contributed by atoms with E-state index in [0.29, 0.717) is 17.4 Å². The summed E-state index contributed by atoms with van der Waals surface area (Å²) in [6.45, 7) is 1.88. The average Bonchev–Trinajstić information content (AvgIpc) is 2.73. The molecule has 0 saturated carbocycles. The van der Waals surface area contributed by atoms with E-state index in [1.165, 1.54) is 0 Å². The average molecular weight is 240 g/mol. The van der Waals surface area contributed by atoms with Gasteiger partial charge in [0.25, 0.3) is 6.01 Å². The lowest BCUT2D eigenvalue weighted by Gasteiger charge is -2.03. The van der Waals surface area contributed by atoms with Crippen LogP contribution in [0.4, 0.5) is 5.69 Å².